The van der Waals surface area contributed by atoms with E-state index in [2.05, 4.69) is 20.9 Å². The summed E-state index contributed by atoms with van der Waals surface area (Å²) in [7, 11) is 0. The number of anilines is 1. The summed E-state index contributed by atoms with van der Waals surface area (Å²) in [4.78, 5) is 28.3. The molecule has 6 atom stereocenters. The highest BCUT2D eigenvalue weighted by molar-refractivity contribution is 5.89. The average molecular weight is 607 g/mol. The van der Waals surface area contributed by atoms with Gasteiger partial charge in [0.1, 0.15) is 0 Å². The molecule has 5 rings (SSSR count). The molecule has 0 aromatic heterocycles. The molecule has 1 saturated carbocycles. The van der Waals surface area contributed by atoms with Crippen LogP contribution in [-0.4, -0.2) is 58.8 Å². The first-order chi connectivity index (χ1) is 21.1. The second-order valence-electron chi connectivity index (χ2n) is 13.6. The zero-order valence-electron chi connectivity index (χ0n) is 26.7. The van der Waals surface area contributed by atoms with E-state index >= 15 is 0 Å². The lowest BCUT2D eigenvalue weighted by molar-refractivity contribution is -0.255. The lowest BCUT2D eigenvalue weighted by atomic mass is 9.75. The topological polar surface area (TPSA) is 112 Å². The predicted octanol–water partition coefficient (Wildman–Crippen LogP) is 5.80. The third-order valence-electron chi connectivity index (χ3n) is 9.09. The Morgan fingerprint density at radius 1 is 0.977 bits per heavy atom. The van der Waals surface area contributed by atoms with Crippen molar-refractivity contribution >= 4 is 17.6 Å². The standard InChI is InChI=1S/C35H50N4O5/c1-5-36-34(42)37-27-11-8-10-26(19-27)33-43-28(20-31(44-33)25-15-13-23(22-40)14-16-25)21-39-29-12-7-6-9-24(29)17-18-30(39)32(41)38-35(2,3)4/h8,10-11,13-16,19,24,28-31,33,40H,5-7,9,12,17-18,20-22H2,1-4H3,(H,38,41)(H2,36,37,42)/t24-,28+,29-,30-,31-,33-/m1/s1. The maximum absolute atomic E-state index is 13.7. The molecule has 2 heterocycles. The minimum absolute atomic E-state index is 0.0128. The number of urea groups is 1. The average Bonchev–Trinajstić information content (AvgIpc) is 3.00. The molecule has 9 nitrogen and oxygen atoms in total. The summed E-state index contributed by atoms with van der Waals surface area (Å²) >= 11 is 0. The number of carbonyl (C=O) groups is 2. The molecule has 0 radical (unpaired) electrons. The number of ether oxygens (including phenoxy) is 2. The summed E-state index contributed by atoms with van der Waals surface area (Å²) in [5, 5.41) is 18.5. The smallest absolute Gasteiger partial charge is 0.319 e. The number of aliphatic hydroxyl groups is 1. The molecule has 3 aliphatic rings. The van der Waals surface area contributed by atoms with Crippen molar-refractivity contribution in [2.45, 2.75) is 115 Å². The summed E-state index contributed by atoms with van der Waals surface area (Å²) in [5.74, 6) is 0.710. The lowest BCUT2D eigenvalue weighted by Crippen LogP contribution is -2.61. The molecule has 2 aliphatic heterocycles. The molecular weight excluding hydrogens is 556 g/mol. The van der Waals surface area contributed by atoms with Crippen molar-refractivity contribution in [3.05, 3.63) is 65.2 Å². The zero-order valence-corrected chi connectivity index (χ0v) is 26.7. The fourth-order valence-corrected chi connectivity index (χ4v) is 7.09. The summed E-state index contributed by atoms with van der Waals surface area (Å²) in [6.07, 6.45) is 6.30. The quantitative estimate of drug-likeness (QED) is 0.302. The molecule has 240 valence electrons. The molecule has 0 unspecified atom stereocenters. The first-order valence-corrected chi connectivity index (χ1v) is 16.4. The van der Waals surface area contributed by atoms with Crippen molar-refractivity contribution in [2.24, 2.45) is 5.92 Å². The minimum Gasteiger partial charge on any atom is -0.392 e. The number of rotatable bonds is 8. The van der Waals surface area contributed by atoms with E-state index in [1.165, 1.54) is 19.3 Å². The maximum atomic E-state index is 13.7. The Morgan fingerprint density at radius 3 is 2.48 bits per heavy atom. The van der Waals surface area contributed by atoms with Gasteiger partial charge in [-0.1, -0.05) is 49.2 Å². The highest BCUT2D eigenvalue weighted by Crippen LogP contribution is 2.42. The fourth-order valence-electron chi connectivity index (χ4n) is 7.09. The normalized spacial score (nSPS) is 27.7. The molecular formula is C35H50N4O5. The number of nitrogens with one attached hydrogen (secondary N) is 3. The molecule has 0 spiro atoms. The number of fused-ring (bicyclic) bond motifs is 1. The van der Waals surface area contributed by atoms with Gasteiger partial charge in [-0.2, -0.15) is 0 Å². The number of carbonyl (C=O) groups excluding carboxylic acids is 2. The molecule has 2 saturated heterocycles. The van der Waals surface area contributed by atoms with Crippen LogP contribution in [0.1, 0.15) is 102 Å². The Hall–Kier alpha value is -2.98. The molecule has 4 N–H and O–H groups in total. The summed E-state index contributed by atoms with van der Waals surface area (Å²) in [6, 6.07) is 15.4. The van der Waals surface area contributed by atoms with Crippen LogP contribution < -0.4 is 16.0 Å². The number of hydrogen-bond donors (Lipinski definition) is 4. The van der Waals surface area contributed by atoms with Gasteiger partial charge in [0.2, 0.25) is 5.91 Å². The van der Waals surface area contributed by atoms with E-state index in [4.69, 9.17) is 9.47 Å². The Balaban J connectivity index is 1.42. The van der Waals surface area contributed by atoms with Gasteiger partial charge in [0, 0.05) is 42.3 Å². The minimum atomic E-state index is -0.652. The van der Waals surface area contributed by atoms with Crippen LogP contribution in [0.3, 0.4) is 0 Å². The molecule has 2 aromatic rings. The van der Waals surface area contributed by atoms with Crippen molar-refractivity contribution < 1.29 is 24.2 Å². The van der Waals surface area contributed by atoms with Gasteiger partial charge >= 0.3 is 6.03 Å². The van der Waals surface area contributed by atoms with Crippen LogP contribution in [0.25, 0.3) is 0 Å². The summed E-state index contributed by atoms with van der Waals surface area (Å²) in [5.41, 5.74) is 3.05. The number of likely N-dealkylation sites (tertiary alicyclic amines) is 1. The zero-order chi connectivity index (χ0) is 31.3. The molecule has 44 heavy (non-hydrogen) atoms. The highest BCUT2D eigenvalue weighted by Gasteiger charge is 2.44. The molecule has 3 amide bonds. The molecule has 1 aliphatic carbocycles. The van der Waals surface area contributed by atoms with Gasteiger partial charge in [0.25, 0.3) is 0 Å². The Morgan fingerprint density at radius 2 is 1.75 bits per heavy atom. The van der Waals surface area contributed by atoms with E-state index in [1.54, 1.807) is 0 Å². The van der Waals surface area contributed by atoms with Gasteiger partial charge in [0.15, 0.2) is 6.29 Å². The first-order valence-electron chi connectivity index (χ1n) is 16.4. The third-order valence-corrected chi connectivity index (χ3v) is 9.09. The van der Waals surface area contributed by atoms with E-state index in [0.717, 1.165) is 36.0 Å². The van der Waals surface area contributed by atoms with Gasteiger partial charge in [-0.05, 0) is 82.6 Å². The van der Waals surface area contributed by atoms with E-state index in [9.17, 15) is 14.7 Å². The number of amides is 3. The Bertz CT molecular complexity index is 1260. The lowest BCUT2D eigenvalue weighted by Gasteiger charge is -2.50. The van der Waals surface area contributed by atoms with E-state index in [0.29, 0.717) is 37.2 Å². The summed E-state index contributed by atoms with van der Waals surface area (Å²) < 4.78 is 13.3. The van der Waals surface area contributed by atoms with Crippen molar-refractivity contribution in [3.8, 4) is 0 Å². The summed E-state index contributed by atoms with van der Waals surface area (Å²) in [6.45, 7) is 9.15. The number of benzene rings is 2. The van der Waals surface area contributed by atoms with E-state index in [-0.39, 0.29) is 42.3 Å². The van der Waals surface area contributed by atoms with Gasteiger partial charge in [-0.3, -0.25) is 9.69 Å². The molecule has 9 heteroatoms. The fraction of sp³-hybridized carbons (Fsp3) is 0.600. The number of nitrogens with zero attached hydrogens (tertiary/aromatic N) is 1. The highest BCUT2D eigenvalue weighted by atomic mass is 16.7. The Kier molecular flexibility index (Phi) is 10.6. The van der Waals surface area contributed by atoms with Crippen molar-refractivity contribution in [3.63, 3.8) is 0 Å². The predicted molar refractivity (Wildman–Crippen MR) is 171 cm³/mol. The number of piperidine rings is 1. The van der Waals surface area contributed by atoms with Crippen LogP contribution in [-0.2, 0) is 20.9 Å². The number of hydrogen-bond acceptors (Lipinski definition) is 6. The third kappa shape index (κ3) is 8.18. The molecule has 3 fully saturated rings. The van der Waals surface area contributed by atoms with E-state index in [1.807, 2.05) is 76.2 Å². The van der Waals surface area contributed by atoms with Crippen LogP contribution in [0.2, 0.25) is 0 Å². The Labute approximate surface area is 262 Å². The van der Waals surface area contributed by atoms with Crippen molar-refractivity contribution in [1.29, 1.82) is 0 Å². The van der Waals surface area contributed by atoms with Crippen molar-refractivity contribution in [2.75, 3.05) is 18.4 Å². The SMILES string of the molecule is CCNC(=O)Nc1cccc([C@@H]2O[C@H](CN3[C@@H](C(=O)NC(C)(C)C)CC[C@H]4CCCC[C@H]43)C[C@H](c3ccc(CO)cc3)O2)c1. The monoisotopic (exact) mass is 606 g/mol. The van der Waals surface area contributed by atoms with Crippen molar-refractivity contribution in [1.82, 2.24) is 15.5 Å². The van der Waals surface area contributed by atoms with Crippen LogP contribution in [0, 0.1) is 5.92 Å². The molecule has 0 bridgehead atoms. The maximum Gasteiger partial charge on any atom is 0.319 e. The van der Waals surface area contributed by atoms with Crippen LogP contribution in [0.15, 0.2) is 48.5 Å². The number of aliphatic hydroxyl groups excluding tert-OH is 1. The van der Waals surface area contributed by atoms with Gasteiger partial charge < -0.3 is 30.5 Å². The van der Waals surface area contributed by atoms with Crippen LogP contribution >= 0.6 is 0 Å². The second kappa shape index (κ2) is 14.4. The second-order valence-corrected chi connectivity index (χ2v) is 13.6. The largest absolute Gasteiger partial charge is 0.392 e. The van der Waals surface area contributed by atoms with Gasteiger partial charge in [-0.25, -0.2) is 4.79 Å². The first kappa shape index (κ1) is 32.4. The van der Waals surface area contributed by atoms with Crippen LogP contribution in [0.5, 0.6) is 0 Å². The van der Waals surface area contributed by atoms with Gasteiger partial charge in [-0.15, -0.1) is 0 Å². The van der Waals surface area contributed by atoms with E-state index < -0.39 is 6.29 Å². The van der Waals surface area contributed by atoms with Gasteiger partial charge in [0.05, 0.1) is 24.9 Å². The van der Waals surface area contributed by atoms with Crippen LogP contribution in [0.4, 0.5) is 10.5 Å². The molecule has 2 aromatic carbocycles.